The van der Waals surface area contributed by atoms with Crippen molar-refractivity contribution in [2.75, 3.05) is 25.1 Å². The second-order valence-corrected chi connectivity index (χ2v) is 9.29. The molecule has 1 aliphatic rings. The quantitative estimate of drug-likeness (QED) is 0.293. The number of nitrogens with one attached hydrogen (secondary N) is 3. The average molecular weight is 528 g/mol. The van der Waals surface area contributed by atoms with Crippen LogP contribution >= 0.6 is 0 Å². The average Bonchev–Trinajstić information content (AvgIpc) is 3.41. The van der Waals surface area contributed by atoms with Crippen molar-refractivity contribution in [3.63, 3.8) is 0 Å². The first-order valence-corrected chi connectivity index (χ1v) is 12.3. The predicted molar refractivity (Wildman–Crippen MR) is 140 cm³/mol. The molecule has 198 valence electrons. The number of benzene rings is 2. The lowest BCUT2D eigenvalue weighted by atomic mass is 9.91. The third-order valence-corrected chi connectivity index (χ3v) is 6.26. The molecule has 1 aliphatic heterocycles. The summed E-state index contributed by atoms with van der Waals surface area (Å²) in [5.41, 5.74) is 1.68. The fraction of sp³-hybridized carbons (Fsp3) is 0.250. The molecule has 1 saturated heterocycles. The van der Waals surface area contributed by atoms with Crippen molar-refractivity contribution in [1.29, 1.82) is 5.26 Å². The molecule has 3 N–H and O–H groups in total. The fourth-order valence-electron chi connectivity index (χ4n) is 4.13. The Morgan fingerprint density at radius 1 is 1.13 bits per heavy atom. The van der Waals surface area contributed by atoms with Crippen molar-refractivity contribution in [1.82, 2.24) is 25.3 Å². The number of H-pyrrole nitrogens is 1. The van der Waals surface area contributed by atoms with E-state index in [0.717, 1.165) is 5.56 Å². The number of nitriles is 1. The van der Waals surface area contributed by atoms with Gasteiger partial charge in [0.25, 0.3) is 0 Å². The maximum atomic E-state index is 14.9. The highest BCUT2D eigenvalue weighted by Gasteiger charge is 2.40. The molecule has 3 heterocycles. The summed E-state index contributed by atoms with van der Waals surface area (Å²) in [5.74, 6) is -0.0804. The normalized spacial score (nSPS) is 18.7. The van der Waals surface area contributed by atoms with Gasteiger partial charge in [-0.3, -0.25) is 4.79 Å². The van der Waals surface area contributed by atoms with Crippen LogP contribution in [0, 0.1) is 22.6 Å². The van der Waals surface area contributed by atoms with Gasteiger partial charge in [-0.05, 0) is 30.7 Å². The van der Waals surface area contributed by atoms with Gasteiger partial charge in [0.2, 0.25) is 18.1 Å². The van der Waals surface area contributed by atoms with Gasteiger partial charge in [0, 0.05) is 18.3 Å². The molecule has 2 aromatic heterocycles. The summed E-state index contributed by atoms with van der Waals surface area (Å²) in [7, 11) is 0. The minimum absolute atomic E-state index is 0.0427. The highest BCUT2D eigenvalue weighted by molar-refractivity contribution is 5.83. The summed E-state index contributed by atoms with van der Waals surface area (Å²) in [6.45, 7) is 2.21. The number of imidazole rings is 1. The molecule has 11 heteroatoms. The van der Waals surface area contributed by atoms with Crippen LogP contribution in [-0.4, -0.2) is 45.6 Å². The standard InChI is InChI=1S/C28H26FN7O3/c1-28(26(37)31-14-12-30)16-38-25(39-17-28)24-35-22(19-9-5-6-10-20(19)29)23(36-24)21-11-13-32-27(34-21)33-15-18-7-3-2-4-8-18/h2-11,13,25H,14-17H2,1H3,(H,31,37)(H,35,36)(H,32,33,34). The van der Waals surface area contributed by atoms with Gasteiger partial charge in [-0.25, -0.2) is 19.3 Å². The third-order valence-electron chi connectivity index (χ3n) is 6.26. The van der Waals surface area contributed by atoms with Crippen LogP contribution in [0.15, 0.2) is 66.9 Å². The highest BCUT2D eigenvalue weighted by Crippen LogP contribution is 2.36. The van der Waals surface area contributed by atoms with Crippen molar-refractivity contribution in [2.24, 2.45) is 5.41 Å². The zero-order valence-corrected chi connectivity index (χ0v) is 21.1. The topological polar surface area (TPSA) is 138 Å². The molecule has 1 amide bonds. The number of rotatable bonds is 8. The Kier molecular flexibility index (Phi) is 7.58. The fourth-order valence-corrected chi connectivity index (χ4v) is 4.13. The van der Waals surface area contributed by atoms with Crippen molar-refractivity contribution < 1.29 is 18.7 Å². The van der Waals surface area contributed by atoms with E-state index >= 15 is 0 Å². The molecular weight excluding hydrogens is 501 g/mol. The van der Waals surface area contributed by atoms with E-state index < -0.39 is 17.5 Å². The van der Waals surface area contributed by atoms with Crippen LogP contribution in [0.25, 0.3) is 22.6 Å². The predicted octanol–water partition coefficient (Wildman–Crippen LogP) is 3.98. The van der Waals surface area contributed by atoms with E-state index in [2.05, 4.69) is 30.6 Å². The van der Waals surface area contributed by atoms with Gasteiger partial charge in [0.05, 0.1) is 36.1 Å². The zero-order chi connectivity index (χ0) is 27.2. The van der Waals surface area contributed by atoms with Gasteiger partial charge < -0.3 is 25.1 Å². The Morgan fingerprint density at radius 3 is 2.62 bits per heavy atom. The lowest BCUT2D eigenvalue weighted by Crippen LogP contribution is -2.48. The third kappa shape index (κ3) is 5.77. The van der Waals surface area contributed by atoms with Crippen LogP contribution in [0.1, 0.15) is 24.6 Å². The molecule has 0 aliphatic carbocycles. The largest absolute Gasteiger partial charge is 0.350 e. The number of ether oxygens (including phenoxy) is 2. The van der Waals surface area contributed by atoms with Gasteiger partial charge >= 0.3 is 0 Å². The number of nitrogens with zero attached hydrogens (tertiary/aromatic N) is 4. The van der Waals surface area contributed by atoms with Crippen molar-refractivity contribution >= 4 is 11.9 Å². The van der Waals surface area contributed by atoms with Crippen LogP contribution in [0.5, 0.6) is 0 Å². The first-order valence-electron chi connectivity index (χ1n) is 12.3. The number of aromatic nitrogens is 4. The van der Waals surface area contributed by atoms with Crippen molar-refractivity contribution in [2.45, 2.75) is 19.8 Å². The number of carbonyl (C=O) groups is 1. The summed E-state index contributed by atoms with van der Waals surface area (Å²) >= 11 is 0. The number of aromatic amines is 1. The van der Waals surface area contributed by atoms with Gasteiger partial charge in [-0.2, -0.15) is 5.26 Å². The molecule has 0 unspecified atom stereocenters. The summed E-state index contributed by atoms with van der Waals surface area (Å²) in [6.07, 6.45) is 0.693. The Balaban J connectivity index is 1.42. The number of carbonyl (C=O) groups excluding carboxylic acids is 1. The Labute approximate surface area is 224 Å². The zero-order valence-electron chi connectivity index (χ0n) is 21.1. The summed E-state index contributed by atoms with van der Waals surface area (Å²) in [5, 5.41) is 14.5. The first-order chi connectivity index (χ1) is 19.0. The molecule has 39 heavy (non-hydrogen) atoms. The number of amides is 1. The second kappa shape index (κ2) is 11.4. The molecule has 0 radical (unpaired) electrons. The van der Waals surface area contributed by atoms with Gasteiger partial charge in [0.1, 0.15) is 18.1 Å². The minimum atomic E-state index is -0.969. The summed E-state index contributed by atoms with van der Waals surface area (Å²) in [4.78, 5) is 29.2. The number of hydrogen-bond acceptors (Lipinski definition) is 8. The number of anilines is 1. The van der Waals surface area contributed by atoms with E-state index in [0.29, 0.717) is 35.4 Å². The van der Waals surface area contributed by atoms with E-state index in [1.807, 2.05) is 36.4 Å². The molecule has 0 atom stereocenters. The molecule has 0 bridgehead atoms. The van der Waals surface area contributed by atoms with Crippen LogP contribution < -0.4 is 10.6 Å². The molecule has 0 saturated carbocycles. The lowest BCUT2D eigenvalue weighted by molar-refractivity contribution is -0.230. The van der Waals surface area contributed by atoms with E-state index in [4.69, 9.17) is 14.7 Å². The van der Waals surface area contributed by atoms with E-state index in [1.165, 1.54) is 6.07 Å². The molecule has 10 nitrogen and oxygen atoms in total. The van der Waals surface area contributed by atoms with Crippen LogP contribution in [0.2, 0.25) is 0 Å². The SMILES string of the molecule is CC1(C(=O)NCC#N)COC(c2nc(-c3ccccc3F)c(-c3ccnc(NCc4ccccc4)n3)[nH]2)OC1. The van der Waals surface area contributed by atoms with E-state index in [1.54, 1.807) is 37.4 Å². The smallest absolute Gasteiger partial charge is 0.231 e. The summed E-state index contributed by atoms with van der Waals surface area (Å²) < 4.78 is 26.6. The first kappa shape index (κ1) is 26.0. The minimum Gasteiger partial charge on any atom is -0.350 e. The maximum absolute atomic E-state index is 14.9. The molecule has 0 spiro atoms. The van der Waals surface area contributed by atoms with Gasteiger partial charge in [0.15, 0.2) is 5.82 Å². The Bertz CT molecular complexity index is 1490. The van der Waals surface area contributed by atoms with Crippen LogP contribution in [-0.2, 0) is 20.8 Å². The van der Waals surface area contributed by atoms with Crippen molar-refractivity contribution in [3.05, 3.63) is 84.1 Å². The molecule has 5 rings (SSSR count). The van der Waals surface area contributed by atoms with Crippen LogP contribution in [0.4, 0.5) is 10.3 Å². The highest BCUT2D eigenvalue weighted by atomic mass is 19.1. The number of halogens is 1. The van der Waals surface area contributed by atoms with Crippen molar-refractivity contribution in [3.8, 4) is 28.7 Å². The van der Waals surface area contributed by atoms with E-state index in [9.17, 15) is 9.18 Å². The monoisotopic (exact) mass is 527 g/mol. The molecule has 2 aromatic carbocycles. The van der Waals surface area contributed by atoms with E-state index in [-0.39, 0.29) is 31.2 Å². The molecule has 4 aromatic rings. The van der Waals surface area contributed by atoms with Crippen LogP contribution in [0.3, 0.4) is 0 Å². The second-order valence-electron chi connectivity index (χ2n) is 9.29. The molecular formula is C28H26FN7O3. The molecule has 1 fully saturated rings. The lowest BCUT2D eigenvalue weighted by Gasteiger charge is -2.35. The van der Waals surface area contributed by atoms with Gasteiger partial charge in [-0.1, -0.05) is 42.5 Å². The summed E-state index contributed by atoms with van der Waals surface area (Å²) in [6, 6.07) is 19.8. The maximum Gasteiger partial charge on any atom is 0.231 e. The number of hydrogen-bond donors (Lipinski definition) is 3. The Morgan fingerprint density at radius 2 is 1.87 bits per heavy atom. The Hall–Kier alpha value is -4.66. The van der Waals surface area contributed by atoms with Gasteiger partial charge in [-0.15, -0.1) is 0 Å².